The first-order chi connectivity index (χ1) is 7.84. The number of hydrogen-bond donors (Lipinski definition) is 1. The minimum absolute atomic E-state index is 0.0524. The number of hydrogen-bond acceptors (Lipinski definition) is 4. The number of aromatic nitrogens is 1. The zero-order valence-corrected chi connectivity index (χ0v) is 10.7. The summed E-state index contributed by atoms with van der Waals surface area (Å²) >= 11 is 0. The van der Waals surface area contributed by atoms with E-state index in [9.17, 15) is 10.1 Å². The average molecular weight is 237 g/mol. The van der Waals surface area contributed by atoms with Gasteiger partial charge in [-0.05, 0) is 33.1 Å². The Hall–Kier alpha value is -1.49. The quantitative estimate of drug-likeness (QED) is 0.642. The predicted molar refractivity (Wildman–Crippen MR) is 66.9 cm³/mol. The van der Waals surface area contributed by atoms with Gasteiger partial charge in [-0.3, -0.25) is 15.1 Å². The Morgan fingerprint density at radius 2 is 2.06 bits per heavy atom. The van der Waals surface area contributed by atoms with Crippen LogP contribution in [0, 0.1) is 29.9 Å². The fourth-order valence-corrected chi connectivity index (χ4v) is 1.74. The highest BCUT2D eigenvalue weighted by Crippen LogP contribution is 2.25. The van der Waals surface area contributed by atoms with Crippen LogP contribution in [-0.2, 0) is 6.42 Å². The van der Waals surface area contributed by atoms with Crippen LogP contribution in [0.1, 0.15) is 30.7 Å². The van der Waals surface area contributed by atoms with E-state index >= 15 is 0 Å². The van der Waals surface area contributed by atoms with Gasteiger partial charge in [-0.1, -0.05) is 6.92 Å². The lowest BCUT2D eigenvalue weighted by atomic mass is 9.95. The molecule has 0 saturated carbocycles. The van der Waals surface area contributed by atoms with Crippen molar-refractivity contribution < 1.29 is 4.92 Å². The maximum Gasteiger partial charge on any atom is 0.278 e. The third kappa shape index (κ3) is 3.00. The second kappa shape index (κ2) is 5.23. The first kappa shape index (κ1) is 13.6. The molecule has 1 aromatic heterocycles. The summed E-state index contributed by atoms with van der Waals surface area (Å²) in [4.78, 5) is 14.9. The summed E-state index contributed by atoms with van der Waals surface area (Å²) in [7, 11) is 0. The molecule has 0 aromatic carbocycles. The number of rotatable bonds is 4. The molecule has 0 spiro atoms. The number of aryl methyl sites for hydroxylation is 1. The van der Waals surface area contributed by atoms with Gasteiger partial charge in [0.15, 0.2) is 0 Å². The van der Waals surface area contributed by atoms with Crippen molar-refractivity contribution in [1.82, 2.24) is 4.98 Å². The lowest BCUT2D eigenvalue weighted by Gasteiger charge is -2.16. The van der Waals surface area contributed by atoms with Gasteiger partial charge in [-0.15, -0.1) is 0 Å². The van der Waals surface area contributed by atoms with Crippen molar-refractivity contribution >= 4 is 5.69 Å². The zero-order chi connectivity index (χ0) is 13.2. The molecule has 1 aromatic rings. The van der Waals surface area contributed by atoms with Crippen molar-refractivity contribution in [2.45, 2.75) is 40.2 Å². The van der Waals surface area contributed by atoms with Crippen LogP contribution in [0.5, 0.6) is 0 Å². The van der Waals surface area contributed by atoms with Crippen molar-refractivity contribution in [1.29, 1.82) is 0 Å². The van der Waals surface area contributed by atoms with Crippen LogP contribution in [0.15, 0.2) is 6.20 Å². The second-order valence-corrected chi connectivity index (χ2v) is 4.66. The summed E-state index contributed by atoms with van der Waals surface area (Å²) in [5.41, 5.74) is 8.00. The number of pyridine rings is 1. The summed E-state index contributed by atoms with van der Waals surface area (Å²) < 4.78 is 0. The second-order valence-electron chi connectivity index (χ2n) is 4.66. The van der Waals surface area contributed by atoms with Crippen molar-refractivity contribution in [3.05, 3.63) is 33.1 Å². The van der Waals surface area contributed by atoms with Gasteiger partial charge in [-0.2, -0.15) is 0 Å². The maximum atomic E-state index is 11.0. The monoisotopic (exact) mass is 237 g/mol. The SMILES string of the molecule is Cc1cnc(CC(C)C(C)N)c(C)c1[N+](=O)[O-]. The molecule has 0 amide bonds. The lowest BCUT2D eigenvalue weighted by molar-refractivity contribution is -0.386. The van der Waals surface area contributed by atoms with Gasteiger partial charge in [-0.25, -0.2) is 0 Å². The van der Waals surface area contributed by atoms with E-state index in [0.29, 0.717) is 17.5 Å². The molecule has 5 heteroatoms. The van der Waals surface area contributed by atoms with E-state index in [1.165, 1.54) is 0 Å². The average Bonchev–Trinajstić information content (AvgIpc) is 2.21. The van der Waals surface area contributed by atoms with Gasteiger partial charge < -0.3 is 5.73 Å². The normalized spacial score (nSPS) is 14.4. The Labute approximate surface area is 101 Å². The molecule has 5 nitrogen and oxygen atoms in total. The van der Waals surface area contributed by atoms with Gasteiger partial charge in [0, 0.05) is 23.4 Å². The summed E-state index contributed by atoms with van der Waals surface area (Å²) in [6, 6.07) is 0.0524. The Bertz CT molecular complexity index is 430. The lowest BCUT2D eigenvalue weighted by Crippen LogP contribution is -2.26. The van der Waals surface area contributed by atoms with Gasteiger partial charge in [0.25, 0.3) is 5.69 Å². The number of nitro groups is 1. The van der Waals surface area contributed by atoms with E-state index in [1.54, 1.807) is 20.0 Å². The predicted octanol–water partition coefficient (Wildman–Crippen LogP) is 2.13. The van der Waals surface area contributed by atoms with Gasteiger partial charge >= 0.3 is 0 Å². The Morgan fingerprint density at radius 3 is 2.53 bits per heavy atom. The van der Waals surface area contributed by atoms with E-state index in [1.807, 2.05) is 13.8 Å². The molecule has 0 saturated heterocycles. The molecule has 0 bridgehead atoms. The Kier molecular flexibility index (Phi) is 4.17. The van der Waals surface area contributed by atoms with E-state index in [0.717, 1.165) is 5.69 Å². The molecule has 94 valence electrons. The summed E-state index contributed by atoms with van der Waals surface area (Å²) in [6.07, 6.45) is 2.24. The highest BCUT2D eigenvalue weighted by atomic mass is 16.6. The molecule has 1 rings (SSSR count). The topological polar surface area (TPSA) is 82.0 Å². The van der Waals surface area contributed by atoms with Crippen molar-refractivity contribution in [3.8, 4) is 0 Å². The fraction of sp³-hybridized carbons (Fsp3) is 0.583. The van der Waals surface area contributed by atoms with Gasteiger partial charge in [0.2, 0.25) is 0 Å². The molecule has 0 aliphatic carbocycles. The van der Waals surface area contributed by atoms with Crippen LogP contribution in [0.2, 0.25) is 0 Å². The molecule has 0 fully saturated rings. The molecular weight excluding hydrogens is 218 g/mol. The van der Waals surface area contributed by atoms with E-state index in [2.05, 4.69) is 4.98 Å². The number of nitrogens with two attached hydrogens (primary N) is 1. The van der Waals surface area contributed by atoms with Crippen molar-refractivity contribution in [2.24, 2.45) is 11.7 Å². The van der Waals surface area contributed by atoms with E-state index in [-0.39, 0.29) is 22.6 Å². The molecule has 0 aliphatic heterocycles. The molecular formula is C12H19N3O2. The van der Waals surface area contributed by atoms with Crippen LogP contribution in [-0.4, -0.2) is 15.9 Å². The largest absolute Gasteiger partial charge is 0.328 e. The van der Waals surface area contributed by atoms with Gasteiger partial charge in [0.05, 0.1) is 10.6 Å². The summed E-state index contributed by atoms with van der Waals surface area (Å²) in [5.74, 6) is 0.253. The highest BCUT2D eigenvalue weighted by Gasteiger charge is 2.20. The van der Waals surface area contributed by atoms with Crippen LogP contribution in [0.25, 0.3) is 0 Å². The molecule has 2 N–H and O–H groups in total. The van der Waals surface area contributed by atoms with E-state index in [4.69, 9.17) is 5.73 Å². The zero-order valence-electron chi connectivity index (χ0n) is 10.7. The maximum absolute atomic E-state index is 11.0. The molecule has 0 aliphatic rings. The van der Waals surface area contributed by atoms with Crippen molar-refractivity contribution in [3.63, 3.8) is 0 Å². The minimum atomic E-state index is -0.341. The number of nitrogens with zero attached hydrogens (tertiary/aromatic N) is 2. The molecule has 0 radical (unpaired) electrons. The van der Waals surface area contributed by atoms with E-state index < -0.39 is 0 Å². The Morgan fingerprint density at radius 1 is 1.47 bits per heavy atom. The fourth-order valence-electron chi connectivity index (χ4n) is 1.74. The van der Waals surface area contributed by atoms with Crippen LogP contribution in [0.3, 0.4) is 0 Å². The summed E-state index contributed by atoms with van der Waals surface area (Å²) in [6.45, 7) is 7.42. The third-order valence-corrected chi connectivity index (χ3v) is 3.17. The molecule has 1 heterocycles. The van der Waals surface area contributed by atoms with Crippen LogP contribution < -0.4 is 5.73 Å². The van der Waals surface area contributed by atoms with Crippen molar-refractivity contribution in [2.75, 3.05) is 0 Å². The molecule has 17 heavy (non-hydrogen) atoms. The molecule has 2 unspecified atom stereocenters. The van der Waals surface area contributed by atoms with Gasteiger partial charge in [0.1, 0.15) is 0 Å². The van der Waals surface area contributed by atoms with Crippen LogP contribution >= 0.6 is 0 Å². The first-order valence-electron chi connectivity index (χ1n) is 5.69. The van der Waals surface area contributed by atoms with Crippen LogP contribution in [0.4, 0.5) is 5.69 Å². The first-order valence-corrected chi connectivity index (χ1v) is 5.69. The minimum Gasteiger partial charge on any atom is -0.328 e. The highest BCUT2D eigenvalue weighted by molar-refractivity contribution is 5.47. The summed E-state index contributed by atoms with van der Waals surface area (Å²) in [5, 5.41) is 11.0. The smallest absolute Gasteiger partial charge is 0.278 e. The Balaban J connectivity index is 3.11. The third-order valence-electron chi connectivity index (χ3n) is 3.17. The molecule has 2 atom stereocenters. The standard InChI is InChI=1S/C12H19N3O2/c1-7(10(4)13)5-11-9(3)12(15(16)17)8(2)6-14-11/h6-7,10H,5,13H2,1-4H3.